The maximum Gasteiger partial charge on any atom is 0.407 e. The van der Waals surface area contributed by atoms with E-state index in [4.69, 9.17) is 9.84 Å². The van der Waals surface area contributed by atoms with Crippen LogP contribution in [0.2, 0.25) is 0 Å². The Labute approximate surface area is 226 Å². The summed E-state index contributed by atoms with van der Waals surface area (Å²) in [5, 5.41) is 18.1. The lowest BCUT2D eigenvalue weighted by atomic mass is 9.97. The molecular formula is C28H33N7O4. The molecule has 0 saturated carbocycles. The summed E-state index contributed by atoms with van der Waals surface area (Å²) in [6.07, 6.45) is 6.85. The molecule has 0 radical (unpaired) electrons. The topological polar surface area (TPSA) is 138 Å². The molecule has 3 aromatic heterocycles. The minimum atomic E-state index is -0.962. The smallest absolute Gasteiger partial charge is 0.407 e. The van der Waals surface area contributed by atoms with E-state index in [1.165, 1.54) is 11.1 Å². The number of carbonyl (C=O) groups excluding carboxylic acids is 1. The Kier molecular flexibility index (Phi) is 7.60. The van der Waals surface area contributed by atoms with Crippen LogP contribution in [0.5, 0.6) is 0 Å². The van der Waals surface area contributed by atoms with Gasteiger partial charge in [-0.1, -0.05) is 6.07 Å². The number of pyridine rings is 1. The highest BCUT2D eigenvalue weighted by atomic mass is 16.5. The van der Waals surface area contributed by atoms with Crippen molar-refractivity contribution in [1.82, 2.24) is 34.9 Å². The molecule has 1 unspecified atom stereocenters. The zero-order valence-electron chi connectivity index (χ0n) is 22.4. The molecule has 204 valence electrons. The quantitative estimate of drug-likeness (QED) is 0.298. The number of hydrogen-bond donors (Lipinski definition) is 3. The number of ether oxygens (including phenoxy) is 1. The van der Waals surface area contributed by atoms with Gasteiger partial charge in [-0.15, -0.1) is 0 Å². The number of benzene rings is 1. The largest absolute Gasteiger partial charge is 0.465 e. The zero-order chi connectivity index (χ0) is 27.5. The molecule has 1 atom stereocenters. The number of hydrogen-bond acceptors (Lipinski definition) is 6. The fraction of sp³-hybridized carbons (Fsp3) is 0.393. The van der Waals surface area contributed by atoms with Crippen LogP contribution in [-0.4, -0.2) is 66.4 Å². The number of nitrogens with one attached hydrogen (secondary N) is 2. The Morgan fingerprint density at radius 2 is 2.08 bits per heavy atom. The lowest BCUT2D eigenvalue weighted by Crippen LogP contribution is -2.28. The first-order chi connectivity index (χ1) is 18.9. The van der Waals surface area contributed by atoms with Crippen LogP contribution >= 0.6 is 0 Å². The van der Waals surface area contributed by atoms with Gasteiger partial charge >= 0.3 is 6.09 Å². The fourth-order valence-electron chi connectivity index (χ4n) is 4.97. The first-order valence-electron chi connectivity index (χ1n) is 13.3. The van der Waals surface area contributed by atoms with Crippen molar-refractivity contribution in [3.05, 3.63) is 53.6 Å². The third-order valence-corrected chi connectivity index (χ3v) is 7.16. The zero-order valence-corrected chi connectivity index (χ0v) is 22.4. The van der Waals surface area contributed by atoms with E-state index in [9.17, 15) is 14.7 Å². The predicted octanol–water partition coefficient (Wildman–Crippen LogP) is 4.75. The average Bonchev–Trinajstić information content (AvgIpc) is 3.58. The number of aromatic nitrogens is 5. The fourth-order valence-corrected chi connectivity index (χ4v) is 4.97. The average molecular weight is 532 g/mol. The number of fused-ring (bicyclic) bond motifs is 1. The number of aromatic amines is 1. The highest BCUT2D eigenvalue weighted by Gasteiger charge is 2.24. The molecule has 39 heavy (non-hydrogen) atoms. The van der Waals surface area contributed by atoms with Crippen molar-refractivity contribution in [2.45, 2.75) is 52.8 Å². The maximum absolute atomic E-state index is 12.4. The van der Waals surface area contributed by atoms with Crippen LogP contribution in [0.1, 0.15) is 61.0 Å². The minimum absolute atomic E-state index is 0.179. The lowest BCUT2D eigenvalue weighted by Gasteiger charge is -2.23. The van der Waals surface area contributed by atoms with Crippen LogP contribution in [-0.2, 0) is 11.3 Å². The Hall–Kier alpha value is -4.25. The van der Waals surface area contributed by atoms with E-state index >= 15 is 0 Å². The van der Waals surface area contributed by atoms with E-state index in [0.29, 0.717) is 36.9 Å². The summed E-state index contributed by atoms with van der Waals surface area (Å²) < 4.78 is 7.97. The third-order valence-electron chi connectivity index (χ3n) is 7.16. The molecule has 1 aromatic carbocycles. The Bertz CT molecular complexity index is 1500. The molecule has 0 aliphatic carbocycles. The van der Waals surface area contributed by atoms with E-state index in [1.807, 2.05) is 43.7 Å². The molecule has 3 N–H and O–H groups in total. The van der Waals surface area contributed by atoms with E-state index < -0.39 is 6.09 Å². The van der Waals surface area contributed by atoms with Crippen molar-refractivity contribution >= 4 is 22.9 Å². The van der Waals surface area contributed by atoms with Gasteiger partial charge < -0.3 is 25.0 Å². The Morgan fingerprint density at radius 3 is 2.79 bits per heavy atom. The van der Waals surface area contributed by atoms with Gasteiger partial charge in [0.05, 0.1) is 18.3 Å². The maximum atomic E-state index is 12.4. The molecular weight excluding hydrogens is 498 g/mol. The van der Waals surface area contributed by atoms with E-state index in [2.05, 4.69) is 20.3 Å². The summed E-state index contributed by atoms with van der Waals surface area (Å²) in [6, 6.07) is 6.10. The molecule has 2 amide bonds. The van der Waals surface area contributed by atoms with Crippen LogP contribution < -0.4 is 5.32 Å². The number of imidazole rings is 1. The predicted molar refractivity (Wildman–Crippen MR) is 146 cm³/mol. The van der Waals surface area contributed by atoms with Gasteiger partial charge in [0.2, 0.25) is 0 Å². The molecule has 11 heteroatoms. The van der Waals surface area contributed by atoms with Crippen LogP contribution in [0.15, 0.2) is 36.8 Å². The number of rotatable bonds is 8. The SMILES string of the molecule is CCNC(=O)c1cnc(-c2nn(C3CCCCO3)c3ccc(-c4cncc(CN(CC)C(=O)O)c4C)cc23)[nH]1. The third kappa shape index (κ3) is 5.22. The molecule has 0 bridgehead atoms. The molecule has 4 aromatic rings. The van der Waals surface area contributed by atoms with Crippen LogP contribution in [0, 0.1) is 6.92 Å². The molecule has 11 nitrogen and oxygen atoms in total. The Morgan fingerprint density at radius 1 is 1.23 bits per heavy atom. The molecule has 5 rings (SSSR count). The van der Waals surface area contributed by atoms with E-state index in [-0.39, 0.29) is 18.7 Å². The van der Waals surface area contributed by atoms with E-state index in [1.54, 1.807) is 12.4 Å². The second kappa shape index (κ2) is 11.2. The standard InChI is InChI=1S/C28H33N7O4/c1-4-30-27(36)22-15-31-26(32-22)25-20-12-18(9-10-23(20)35(33-25)24-8-6-7-11-39-24)21-14-29-13-19(17(21)3)16-34(5-2)28(37)38/h9-10,12-15,24H,4-8,11,16H2,1-3H3,(H,30,36)(H,31,32)(H,37,38). The second-order valence-electron chi connectivity index (χ2n) is 9.62. The summed E-state index contributed by atoms with van der Waals surface area (Å²) in [5.74, 6) is 0.272. The molecule has 0 spiro atoms. The summed E-state index contributed by atoms with van der Waals surface area (Å²) in [5.41, 5.74) is 5.54. The normalized spacial score (nSPS) is 15.4. The summed E-state index contributed by atoms with van der Waals surface area (Å²) >= 11 is 0. The van der Waals surface area contributed by atoms with Crippen LogP contribution in [0.25, 0.3) is 33.5 Å². The van der Waals surface area contributed by atoms with Crippen molar-refractivity contribution in [2.75, 3.05) is 19.7 Å². The molecule has 1 aliphatic heterocycles. The van der Waals surface area contributed by atoms with E-state index in [0.717, 1.165) is 52.4 Å². The molecule has 1 aliphatic rings. The van der Waals surface area contributed by atoms with Gasteiger partial charge in [0.15, 0.2) is 12.1 Å². The summed E-state index contributed by atoms with van der Waals surface area (Å²) in [6.45, 7) is 7.51. The first kappa shape index (κ1) is 26.4. The van der Waals surface area contributed by atoms with Crippen molar-refractivity contribution in [1.29, 1.82) is 0 Å². The highest BCUT2D eigenvalue weighted by molar-refractivity contribution is 5.97. The molecule has 4 heterocycles. The highest BCUT2D eigenvalue weighted by Crippen LogP contribution is 2.35. The van der Waals surface area contributed by atoms with Crippen molar-refractivity contribution in [3.63, 3.8) is 0 Å². The number of nitrogens with zero attached hydrogens (tertiary/aromatic N) is 5. The van der Waals surface area contributed by atoms with Gasteiger partial charge in [-0.05, 0) is 68.9 Å². The number of H-pyrrole nitrogens is 1. The van der Waals surface area contributed by atoms with Crippen LogP contribution in [0.4, 0.5) is 4.79 Å². The Balaban J connectivity index is 1.60. The minimum Gasteiger partial charge on any atom is -0.465 e. The van der Waals surface area contributed by atoms with Crippen molar-refractivity contribution in [2.24, 2.45) is 0 Å². The monoisotopic (exact) mass is 531 g/mol. The van der Waals surface area contributed by atoms with Gasteiger partial charge in [0, 0.05) is 43.0 Å². The second-order valence-corrected chi connectivity index (χ2v) is 9.62. The summed E-state index contributed by atoms with van der Waals surface area (Å²) in [4.78, 5) is 37.4. The van der Waals surface area contributed by atoms with Crippen molar-refractivity contribution < 1.29 is 19.4 Å². The van der Waals surface area contributed by atoms with Crippen molar-refractivity contribution in [3.8, 4) is 22.6 Å². The number of amides is 2. The van der Waals surface area contributed by atoms with Gasteiger partial charge in [-0.3, -0.25) is 9.78 Å². The van der Waals surface area contributed by atoms with Gasteiger partial charge in [0.1, 0.15) is 11.4 Å². The molecule has 1 saturated heterocycles. The number of carboxylic acid groups (broad SMARTS) is 1. The summed E-state index contributed by atoms with van der Waals surface area (Å²) in [7, 11) is 0. The van der Waals surface area contributed by atoms with Gasteiger partial charge in [0.25, 0.3) is 5.91 Å². The van der Waals surface area contributed by atoms with Gasteiger partial charge in [-0.2, -0.15) is 5.10 Å². The first-order valence-corrected chi connectivity index (χ1v) is 13.3. The molecule has 1 fully saturated rings. The number of carbonyl (C=O) groups is 2. The van der Waals surface area contributed by atoms with Crippen LogP contribution in [0.3, 0.4) is 0 Å². The lowest BCUT2D eigenvalue weighted by molar-refractivity contribution is -0.0365. The van der Waals surface area contributed by atoms with Gasteiger partial charge in [-0.25, -0.2) is 14.5 Å².